The monoisotopic (exact) mass is 197 g/mol. The minimum atomic E-state index is 0.0749. The molecule has 0 spiro atoms. The number of hydrogen-bond acceptors (Lipinski definition) is 3. The highest BCUT2D eigenvalue weighted by Gasteiger charge is 2.03. The summed E-state index contributed by atoms with van der Waals surface area (Å²) < 4.78 is 0. The first kappa shape index (κ1) is 10.7. The van der Waals surface area contributed by atoms with E-state index in [2.05, 4.69) is 11.8 Å². The summed E-state index contributed by atoms with van der Waals surface area (Å²) in [5.74, 6) is 5.22. The van der Waals surface area contributed by atoms with Gasteiger partial charge in [-0.05, 0) is 0 Å². The number of aldehydes is 2. The van der Waals surface area contributed by atoms with Gasteiger partial charge in [-0.3, -0.25) is 9.59 Å². The van der Waals surface area contributed by atoms with Crippen LogP contribution in [0.4, 0.5) is 0 Å². The maximum Gasteiger partial charge on any atom is 0.151 e. The van der Waals surface area contributed by atoms with Crippen molar-refractivity contribution < 1.29 is 9.59 Å². The zero-order valence-corrected chi connectivity index (χ0v) is 7.86. The van der Waals surface area contributed by atoms with Crippen molar-refractivity contribution in [1.82, 2.24) is 0 Å². The van der Waals surface area contributed by atoms with Crippen LogP contribution in [0.5, 0.6) is 0 Å². The Morgan fingerprint density at radius 2 is 1.80 bits per heavy atom. The van der Waals surface area contributed by atoms with Gasteiger partial charge < -0.3 is 0 Å². The Bertz CT molecular complexity index is 460. The van der Waals surface area contributed by atoms with Gasteiger partial charge in [-0.15, -0.1) is 0 Å². The van der Waals surface area contributed by atoms with Crippen LogP contribution in [0, 0.1) is 23.2 Å². The van der Waals surface area contributed by atoms with Crippen LogP contribution in [-0.2, 0) is 0 Å². The zero-order chi connectivity index (χ0) is 11.1. The third-order valence-electron chi connectivity index (χ3n) is 1.76. The van der Waals surface area contributed by atoms with Crippen molar-refractivity contribution in [2.75, 3.05) is 0 Å². The number of benzene rings is 1. The molecule has 0 amide bonds. The smallest absolute Gasteiger partial charge is 0.151 e. The summed E-state index contributed by atoms with van der Waals surface area (Å²) in [4.78, 5) is 21.4. The molecule has 0 aliphatic heterocycles. The SMILES string of the molecule is N#CCC#Cc1c(C=O)cccc1C=O. The van der Waals surface area contributed by atoms with E-state index in [1.807, 2.05) is 6.07 Å². The number of nitrogens with zero attached hydrogens (tertiary/aromatic N) is 1. The van der Waals surface area contributed by atoms with Gasteiger partial charge in [-0.25, -0.2) is 0 Å². The predicted octanol–water partition coefficient (Wildman–Crippen LogP) is 1.58. The van der Waals surface area contributed by atoms with Crippen LogP contribution in [0.15, 0.2) is 18.2 Å². The Morgan fingerprint density at radius 3 is 2.27 bits per heavy atom. The van der Waals surface area contributed by atoms with Gasteiger partial charge in [0.1, 0.15) is 0 Å². The van der Waals surface area contributed by atoms with Crippen LogP contribution >= 0.6 is 0 Å². The number of carbonyl (C=O) groups excluding carboxylic acids is 2. The lowest BCUT2D eigenvalue weighted by Crippen LogP contribution is -1.93. The highest BCUT2D eigenvalue weighted by molar-refractivity contribution is 5.88. The number of nitriles is 1. The maximum absolute atomic E-state index is 10.7. The average Bonchev–Trinajstić information content (AvgIpc) is 2.29. The van der Waals surface area contributed by atoms with E-state index in [0.29, 0.717) is 29.3 Å². The van der Waals surface area contributed by atoms with Crippen LogP contribution in [0.1, 0.15) is 32.7 Å². The van der Waals surface area contributed by atoms with Gasteiger partial charge in [0, 0.05) is 16.7 Å². The van der Waals surface area contributed by atoms with E-state index in [1.54, 1.807) is 18.2 Å². The Balaban J connectivity index is 3.25. The molecule has 0 fully saturated rings. The average molecular weight is 197 g/mol. The fourth-order valence-electron chi connectivity index (χ4n) is 1.10. The molecule has 0 heterocycles. The molecule has 0 saturated heterocycles. The Labute approximate surface area is 87.3 Å². The molecule has 0 aromatic heterocycles. The molecule has 0 radical (unpaired) electrons. The molecule has 0 N–H and O–H groups in total. The molecule has 0 unspecified atom stereocenters. The molecule has 0 atom stereocenters. The molecule has 3 heteroatoms. The van der Waals surface area contributed by atoms with Crippen molar-refractivity contribution in [3.63, 3.8) is 0 Å². The molecule has 0 saturated carbocycles. The Morgan fingerprint density at radius 1 is 1.20 bits per heavy atom. The minimum absolute atomic E-state index is 0.0749. The third kappa shape index (κ3) is 2.52. The van der Waals surface area contributed by atoms with Crippen molar-refractivity contribution in [1.29, 1.82) is 5.26 Å². The molecule has 3 nitrogen and oxygen atoms in total. The lowest BCUT2D eigenvalue weighted by Gasteiger charge is -1.98. The second-order valence-corrected chi connectivity index (χ2v) is 2.68. The highest BCUT2D eigenvalue weighted by atomic mass is 16.1. The molecule has 15 heavy (non-hydrogen) atoms. The van der Waals surface area contributed by atoms with E-state index in [-0.39, 0.29) is 6.42 Å². The quantitative estimate of drug-likeness (QED) is 0.534. The van der Waals surface area contributed by atoms with Crippen LogP contribution in [0.3, 0.4) is 0 Å². The van der Waals surface area contributed by atoms with Gasteiger partial charge >= 0.3 is 0 Å². The lowest BCUT2D eigenvalue weighted by molar-refractivity contribution is 0.112. The highest BCUT2D eigenvalue weighted by Crippen LogP contribution is 2.10. The minimum Gasteiger partial charge on any atom is -0.298 e. The molecular weight excluding hydrogens is 190 g/mol. The van der Waals surface area contributed by atoms with Crippen molar-refractivity contribution in [3.05, 3.63) is 34.9 Å². The molecule has 0 aliphatic carbocycles. The second kappa shape index (κ2) is 5.36. The number of rotatable bonds is 2. The molecule has 1 aromatic carbocycles. The fraction of sp³-hybridized carbons (Fsp3) is 0.0833. The second-order valence-electron chi connectivity index (χ2n) is 2.68. The van der Waals surface area contributed by atoms with E-state index < -0.39 is 0 Å². The largest absolute Gasteiger partial charge is 0.298 e. The van der Waals surface area contributed by atoms with Gasteiger partial charge in [-0.1, -0.05) is 30.0 Å². The number of hydrogen-bond donors (Lipinski definition) is 0. The van der Waals surface area contributed by atoms with Crippen LogP contribution in [-0.4, -0.2) is 12.6 Å². The zero-order valence-electron chi connectivity index (χ0n) is 7.86. The molecular formula is C12H7NO2. The van der Waals surface area contributed by atoms with E-state index in [0.717, 1.165) is 0 Å². The molecule has 0 aliphatic rings. The fourth-order valence-corrected chi connectivity index (χ4v) is 1.10. The van der Waals surface area contributed by atoms with Crippen molar-refractivity contribution in [3.8, 4) is 17.9 Å². The molecule has 0 bridgehead atoms. The van der Waals surface area contributed by atoms with Gasteiger partial charge in [0.15, 0.2) is 12.6 Å². The summed E-state index contributed by atoms with van der Waals surface area (Å²) in [6.45, 7) is 0. The summed E-state index contributed by atoms with van der Waals surface area (Å²) in [5, 5.41) is 8.31. The van der Waals surface area contributed by atoms with Crippen LogP contribution < -0.4 is 0 Å². The lowest BCUT2D eigenvalue weighted by atomic mass is 10.0. The van der Waals surface area contributed by atoms with E-state index in [4.69, 9.17) is 5.26 Å². The van der Waals surface area contributed by atoms with Gasteiger partial charge in [0.05, 0.1) is 12.5 Å². The Kier molecular flexibility index (Phi) is 3.82. The first-order valence-electron chi connectivity index (χ1n) is 4.22. The van der Waals surface area contributed by atoms with Crippen molar-refractivity contribution >= 4 is 12.6 Å². The first-order chi connectivity index (χ1) is 7.33. The molecule has 1 aromatic rings. The van der Waals surface area contributed by atoms with E-state index in [9.17, 15) is 9.59 Å². The molecule has 72 valence electrons. The predicted molar refractivity (Wildman–Crippen MR) is 54.3 cm³/mol. The van der Waals surface area contributed by atoms with Gasteiger partial charge in [-0.2, -0.15) is 5.26 Å². The van der Waals surface area contributed by atoms with E-state index >= 15 is 0 Å². The van der Waals surface area contributed by atoms with Crippen LogP contribution in [0.2, 0.25) is 0 Å². The summed E-state index contributed by atoms with van der Waals surface area (Å²) in [6, 6.07) is 6.64. The van der Waals surface area contributed by atoms with Crippen molar-refractivity contribution in [2.24, 2.45) is 0 Å². The van der Waals surface area contributed by atoms with Gasteiger partial charge in [0.2, 0.25) is 0 Å². The molecule has 1 rings (SSSR count). The van der Waals surface area contributed by atoms with Gasteiger partial charge in [0.25, 0.3) is 0 Å². The first-order valence-corrected chi connectivity index (χ1v) is 4.22. The summed E-state index contributed by atoms with van der Waals surface area (Å²) in [6.07, 6.45) is 1.36. The van der Waals surface area contributed by atoms with E-state index in [1.165, 1.54) is 0 Å². The summed E-state index contributed by atoms with van der Waals surface area (Å²) in [5.41, 5.74) is 1.12. The normalized spacial score (nSPS) is 8.20. The standard InChI is InChI=1S/C12H7NO2/c13-7-2-1-6-12-10(8-14)4-3-5-11(12)9-15/h3-5,8-9H,2H2. The van der Waals surface area contributed by atoms with Crippen LogP contribution in [0.25, 0.3) is 0 Å². The summed E-state index contributed by atoms with van der Waals surface area (Å²) >= 11 is 0. The topological polar surface area (TPSA) is 57.9 Å². The maximum atomic E-state index is 10.7. The Hall–Kier alpha value is -2.39. The third-order valence-corrected chi connectivity index (χ3v) is 1.76. The number of carbonyl (C=O) groups is 2. The summed E-state index contributed by atoms with van der Waals surface area (Å²) in [7, 11) is 0. The van der Waals surface area contributed by atoms with Crippen molar-refractivity contribution in [2.45, 2.75) is 6.42 Å².